The first-order valence-corrected chi connectivity index (χ1v) is 8.93. The second kappa shape index (κ2) is 10.9. The van der Waals surface area contributed by atoms with Crippen LogP contribution in [0.5, 0.6) is 0 Å². The third-order valence-electron chi connectivity index (χ3n) is 2.17. The normalized spacial score (nSPS) is 8.00. The highest BCUT2D eigenvalue weighted by atomic mass is 28.3. The maximum absolute atomic E-state index is 11.2. The van der Waals surface area contributed by atoms with Crippen LogP contribution in [0.4, 0.5) is 0 Å². The van der Waals surface area contributed by atoms with E-state index >= 15 is 0 Å². The Morgan fingerprint density at radius 3 is 2.25 bits per heavy atom. The van der Waals surface area contributed by atoms with Crippen LogP contribution in [0.1, 0.15) is 30.8 Å². The number of carbonyl (C=O) groups excluding carboxylic acids is 1. The summed E-state index contributed by atoms with van der Waals surface area (Å²) < 4.78 is 4.62. The molecule has 0 aliphatic heterocycles. The lowest BCUT2D eigenvalue weighted by Crippen LogP contribution is -2.00. The van der Waals surface area contributed by atoms with Crippen molar-refractivity contribution in [2.24, 2.45) is 0 Å². The molecule has 0 aromatic heterocycles. The van der Waals surface area contributed by atoms with Crippen molar-refractivity contribution >= 4 is 14.8 Å². The lowest BCUT2D eigenvalue weighted by molar-refractivity contribution is 0.0600. The van der Waals surface area contributed by atoms with E-state index in [1.165, 1.54) is 7.11 Å². The van der Waals surface area contributed by atoms with Gasteiger partial charge in [-0.25, -0.2) is 4.79 Å². The summed E-state index contributed by atoms with van der Waals surface area (Å²) in [6.45, 7) is 4.52. The van der Waals surface area contributed by atoms with E-state index in [1.54, 1.807) is 24.3 Å². The molecule has 1 rings (SSSR count). The van der Waals surface area contributed by atoms with Gasteiger partial charge in [-0.3, -0.25) is 0 Å². The molecule has 0 aliphatic rings. The number of methoxy groups -OCH3 is 1. The van der Waals surface area contributed by atoms with Crippen molar-refractivity contribution in [1.29, 1.82) is 0 Å². The van der Waals surface area contributed by atoms with Crippen molar-refractivity contribution < 1.29 is 9.53 Å². The summed E-state index contributed by atoms with van der Waals surface area (Å²) in [6.07, 6.45) is 0. The standard InChI is InChI=1S/C15H16O2Si.2CH4/c1-17-15(16)14-10-8-13(9-11-14)7-5-4-6-12-18(2)3;;/h8-11,18H,12H2,1-3H3;2*1H4. The van der Waals surface area contributed by atoms with Gasteiger partial charge in [0, 0.05) is 20.4 Å². The predicted octanol–water partition coefficient (Wildman–Crippen LogP) is 3.59. The number of carbonyl (C=O) groups is 1. The van der Waals surface area contributed by atoms with Crippen LogP contribution >= 0.6 is 0 Å². The van der Waals surface area contributed by atoms with Crippen molar-refractivity contribution in [2.75, 3.05) is 7.11 Å². The van der Waals surface area contributed by atoms with E-state index in [0.717, 1.165) is 11.6 Å². The Hall–Kier alpha value is -1.97. The fourth-order valence-corrected chi connectivity index (χ4v) is 1.72. The zero-order chi connectivity index (χ0) is 13.4. The van der Waals surface area contributed by atoms with Crippen molar-refractivity contribution in [1.82, 2.24) is 0 Å². The van der Waals surface area contributed by atoms with Gasteiger partial charge in [0.2, 0.25) is 0 Å². The fraction of sp³-hybridized carbons (Fsp3) is 0.353. The molecule has 1 aromatic carbocycles. The predicted molar refractivity (Wildman–Crippen MR) is 89.6 cm³/mol. The molecule has 1 aromatic rings. The number of benzene rings is 1. The van der Waals surface area contributed by atoms with Gasteiger partial charge in [0.25, 0.3) is 0 Å². The third kappa shape index (κ3) is 7.46. The summed E-state index contributed by atoms with van der Waals surface area (Å²) in [6, 6.07) is 7.97. The van der Waals surface area contributed by atoms with Gasteiger partial charge in [-0.1, -0.05) is 39.8 Å². The minimum absolute atomic E-state index is 0. The molecule has 0 saturated heterocycles. The van der Waals surface area contributed by atoms with E-state index in [9.17, 15) is 4.79 Å². The lowest BCUT2D eigenvalue weighted by atomic mass is 10.1. The van der Waals surface area contributed by atoms with E-state index in [4.69, 9.17) is 0 Å². The van der Waals surface area contributed by atoms with Crippen molar-refractivity contribution in [2.45, 2.75) is 34.0 Å². The van der Waals surface area contributed by atoms with Crippen molar-refractivity contribution in [3.05, 3.63) is 35.4 Å². The average molecular weight is 288 g/mol. The molecular weight excluding hydrogens is 264 g/mol. The Labute approximate surface area is 125 Å². The molecule has 0 atom stereocenters. The smallest absolute Gasteiger partial charge is 0.337 e. The van der Waals surface area contributed by atoms with Crippen LogP contribution in [0.15, 0.2) is 24.3 Å². The minimum atomic E-state index is -0.602. The first-order valence-electron chi connectivity index (χ1n) is 5.80. The fourth-order valence-electron chi connectivity index (χ4n) is 1.21. The molecule has 0 bridgehead atoms. The molecule has 0 N–H and O–H groups in total. The van der Waals surface area contributed by atoms with Crippen LogP contribution in [0.3, 0.4) is 0 Å². The van der Waals surface area contributed by atoms with Gasteiger partial charge < -0.3 is 4.74 Å². The van der Waals surface area contributed by atoms with E-state index in [2.05, 4.69) is 41.5 Å². The van der Waals surface area contributed by atoms with E-state index < -0.39 is 8.80 Å². The van der Waals surface area contributed by atoms with Crippen LogP contribution < -0.4 is 0 Å². The van der Waals surface area contributed by atoms with Gasteiger partial charge in [0.05, 0.1) is 12.7 Å². The second-order valence-corrected chi connectivity index (χ2v) is 7.41. The first kappa shape index (κ1) is 20.3. The van der Waals surface area contributed by atoms with Crippen molar-refractivity contribution in [3.8, 4) is 23.7 Å². The maximum Gasteiger partial charge on any atom is 0.337 e. The number of rotatable bonds is 2. The highest BCUT2D eigenvalue weighted by molar-refractivity contribution is 6.56. The lowest BCUT2D eigenvalue weighted by Gasteiger charge is -1.97. The topological polar surface area (TPSA) is 26.3 Å². The summed E-state index contributed by atoms with van der Waals surface area (Å²) >= 11 is 0. The minimum Gasteiger partial charge on any atom is -0.465 e. The Balaban J connectivity index is 0. The summed E-state index contributed by atoms with van der Waals surface area (Å²) in [4.78, 5) is 11.2. The summed E-state index contributed by atoms with van der Waals surface area (Å²) in [7, 11) is 0.763. The van der Waals surface area contributed by atoms with Gasteiger partial charge in [-0.2, -0.15) is 0 Å². The molecule has 0 unspecified atom stereocenters. The number of hydrogen-bond donors (Lipinski definition) is 0. The molecular formula is C17H24O2Si. The van der Waals surface area contributed by atoms with Gasteiger partial charge in [-0.05, 0) is 36.1 Å². The molecule has 3 heteroatoms. The molecule has 108 valence electrons. The molecule has 0 radical (unpaired) electrons. The van der Waals surface area contributed by atoms with Crippen LogP contribution in [0.25, 0.3) is 0 Å². The number of esters is 1. The second-order valence-electron chi connectivity index (χ2n) is 4.22. The third-order valence-corrected chi connectivity index (χ3v) is 3.19. The highest BCUT2D eigenvalue weighted by Crippen LogP contribution is 2.04. The maximum atomic E-state index is 11.2. The van der Waals surface area contributed by atoms with Gasteiger partial charge >= 0.3 is 5.97 Å². The molecule has 20 heavy (non-hydrogen) atoms. The molecule has 0 spiro atoms. The van der Waals surface area contributed by atoms with Crippen LogP contribution in [0, 0.1) is 23.7 Å². The Kier molecular flexibility index (Phi) is 11.1. The number of ether oxygens (including phenoxy) is 1. The quantitative estimate of drug-likeness (QED) is 0.472. The van der Waals surface area contributed by atoms with Gasteiger partial charge in [0.15, 0.2) is 0 Å². The van der Waals surface area contributed by atoms with Crippen LogP contribution in [0.2, 0.25) is 19.1 Å². The SMILES string of the molecule is C.C.COC(=O)c1ccc(C#CC#CC[SiH](C)C)cc1. The molecule has 0 heterocycles. The Morgan fingerprint density at radius 2 is 1.75 bits per heavy atom. The number of hydrogen-bond acceptors (Lipinski definition) is 2. The van der Waals surface area contributed by atoms with Crippen LogP contribution in [-0.2, 0) is 4.74 Å². The van der Waals surface area contributed by atoms with Crippen molar-refractivity contribution in [3.63, 3.8) is 0 Å². The van der Waals surface area contributed by atoms with Gasteiger partial charge in [0.1, 0.15) is 0 Å². The Bertz CT molecular complexity index is 522. The van der Waals surface area contributed by atoms with E-state index in [-0.39, 0.29) is 20.8 Å². The molecule has 2 nitrogen and oxygen atoms in total. The summed E-state index contributed by atoms with van der Waals surface area (Å²) in [5.74, 6) is 11.3. The summed E-state index contributed by atoms with van der Waals surface area (Å²) in [5, 5.41) is 0. The monoisotopic (exact) mass is 288 g/mol. The largest absolute Gasteiger partial charge is 0.465 e. The molecule has 0 amide bonds. The average Bonchev–Trinajstić information content (AvgIpc) is 2.38. The highest BCUT2D eigenvalue weighted by Gasteiger charge is 2.02. The Morgan fingerprint density at radius 1 is 1.15 bits per heavy atom. The zero-order valence-electron chi connectivity index (χ0n) is 10.9. The van der Waals surface area contributed by atoms with Gasteiger partial charge in [-0.15, -0.1) is 0 Å². The van der Waals surface area contributed by atoms with E-state index in [0.29, 0.717) is 5.56 Å². The molecule has 0 fully saturated rings. The molecule has 0 saturated carbocycles. The summed E-state index contributed by atoms with van der Waals surface area (Å²) in [5.41, 5.74) is 1.37. The van der Waals surface area contributed by atoms with Crippen LogP contribution in [-0.4, -0.2) is 21.9 Å². The van der Waals surface area contributed by atoms with E-state index in [1.807, 2.05) is 0 Å². The first-order chi connectivity index (χ1) is 8.63. The molecule has 0 aliphatic carbocycles. The zero-order valence-corrected chi connectivity index (χ0v) is 12.1.